The fourth-order valence-corrected chi connectivity index (χ4v) is 4.27. The Balaban J connectivity index is 1.66. The third-order valence-corrected chi connectivity index (χ3v) is 6.07. The van der Waals surface area contributed by atoms with Crippen LogP contribution in [0.4, 0.5) is 4.79 Å². The van der Waals surface area contributed by atoms with Crippen molar-refractivity contribution < 1.29 is 9.59 Å². The molecule has 2 aliphatic carbocycles. The molecule has 5 heteroatoms. The minimum atomic E-state index is -0.872. The Morgan fingerprint density at radius 1 is 1.12 bits per heavy atom. The van der Waals surface area contributed by atoms with Crippen molar-refractivity contribution in [2.75, 3.05) is 6.54 Å². The molecule has 5 nitrogen and oxygen atoms in total. The molecule has 1 aromatic rings. The van der Waals surface area contributed by atoms with E-state index in [1.807, 2.05) is 18.2 Å². The summed E-state index contributed by atoms with van der Waals surface area (Å²) in [5.74, 6) is -0.431. The third-order valence-electron chi connectivity index (χ3n) is 6.07. The highest BCUT2D eigenvalue weighted by atomic mass is 16.2. The van der Waals surface area contributed by atoms with E-state index in [-0.39, 0.29) is 16.9 Å². The summed E-state index contributed by atoms with van der Waals surface area (Å²) in [7, 11) is 0. The van der Waals surface area contributed by atoms with Gasteiger partial charge >= 0.3 is 6.03 Å². The topological polar surface area (TPSA) is 84.2 Å². The quantitative estimate of drug-likeness (QED) is 0.775. The van der Waals surface area contributed by atoms with Crippen molar-refractivity contribution in [3.63, 3.8) is 0 Å². The Bertz CT molecular complexity index is 635. The summed E-state index contributed by atoms with van der Waals surface area (Å²) in [6.07, 6.45) is 4.13. The number of hydrogen-bond donors (Lipinski definition) is 3. The molecular formula is C19H27N3O2. The zero-order chi connectivity index (χ0) is 17.4. The van der Waals surface area contributed by atoms with E-state index in [4.69, 9.17) is 5.73 Å². The van der Waals surface area contributed by atoms with Gasteiger partial charge in [0.25, 0.3) is 0 Å². The number of carbonyl (C=O) groups excluding carboxylic acids is 2. The lowest BCUT2D eigenvalue weighted by atomic mass is 9.88. The van der Waals surface area contributed by atoms with Crippen LogP contribution in [0.1, 0.15) is 51.5 Å². The van der Waals surface area contributed by atoms with Gasteiger partial charge in [-0.15, -0.1) is 0 Å². The standard InChI is InChI=1S/C19H27N3O2/c1-17(2)12-18(17,14-8-4-3-5-9-14)13-21-16(24)22-19(15(20)23)10-6-7-11-19/h3-5,8-9H,6-7,10-13H2,1-2H3,(H2,20,23)(H2,21,22,24). The van der Waals surface area contributed by atoms with Crippen LogP contribution in [0.2, 0.25) is 0 Å². The van der Waals surface area contributed by atoms with Crippen molar-refractivity contribution in [2.45, 2.75) is 56.9 Å². The highest BCUT2D eigenvalue weighted by molar-refractivity contribution is 5.90. The van der Waals surface area contributed by atoms with E-state index in [2.05, 4.69) is 36.6 Å². The van der Waals surface area contributed by atoms with Crippen molar-refractivity contribution in [3.8, 4) is 0 Å². The number of nitrogens with two attached hydrogens (primary N) is 1. The van der Waals surface area contributed by atoms with Crippen LogP contribution < -0.4 is 16.4 Å². The van der Waals surface area contributed by atoms with E-state index in [1.165, 1.54) is 5.56 Å². The number of hydrogen-bond acceptors (Lipinski definition) is 2. The lowest BCUT2D eigenvalue weighted by molar-refractivity contribution is -0.123. The van der Waals surface area contributed by atoms with Gasteiger partial charge < -0.3 is 16.4 Å². The van der Waals surface area contributed by atoms with Crippen LogP contribution >= 0.6 is 0 Å². The van der Waals surface area contributed by atoms with Crippen molar-refractivity contribution in [1.29, 1.82) is 0 Å². The normalized spacial score (nSPS) is 26.6. The molecule has 24 heavy (non-hydrogen) atoms. The minimum absolute atomic E-state index is 0.0405. The second-order valence-electron chi connectivity index (χ2n) is 7.97. The van der Waals surface area contributed by atoms with Gasteiger partial charge in [-0.3, -0.25) is 4.79 Å². The van der Waals surface area contributed by atoms with Crippen LogP contribution in [0, 0.1) is 5.41 Å². The van der Waals surface area contributed by atoms with Gasteiger partial charge in [0.1, 0.15) is 5.54 Å². The molecule has 0 spiro atoms. The van der Waals surface area contributed by atoms with Crippen LogP contribution in [-0.2, 0) is 10.2 Å². The van der Waals surface area contributed by atoms with Crippen LogP contribution in [0.3, 0.4) is 0 Å². The summed E-state index contributed by atoms with van der Waals surface area (Å²) < 4.78 is 0. The Morgan fingerprint density at radius 3 is 2.21 bits per heavy atom. The van der Waals surface area contributed by atoms with Crippen molar-refractivity contribution in [3.05, 3.63) is 35.9 Å². The van der Waals surface area contributed by atoms with Gasteiger partial charge in [-0.05, 0) is 30.2 Å². The van der Waals surface area contributed by atoms with Crippen molar-refractivity contribution in [1.82, 2.24) is 10.6 Å². The molecule has 1 atom stereocenters. The maximum Gasteiger partial charge on any atom is 0.315 e. The van der Waals surface area contributed by atoms with Gasteiger partial charge in [0.15, 0.2) is 0 Å². The summed E-state index contributed by atoms with van der Waals surface area (Å²) in [5.41, 5.74) is 6.02. The molecule has 2 saturated carbocycles. The van der Waals surface area contributed by atoms with E-state index in [9.17, 15) is 9.59 Å². The second-order valence-corrected chi connectivity index (χ2v) is 7.97. The van der Waals surface area contributed by atoms with E-state index < -0.39 is 11.4 Å². The van der Waals surface area contributed by atoms with Crippen LogP contribution in [0.25, 0.3) is 0 Å². The molecule has 0 heterocycles. The fraction of sp³-hybridized carbons (Fsp3) is 0.579. The molecule has 0 aromatic heterocycles. The van der Waals surface area contributed by atoms with Gasteiger partial charge in [-0.25, -0.2) is 4.79 Å². The van der Waals surface area contributed by atoms with Gasteiger partial charge in [0, 0.05) is 12.0 Å². The summed E-state index contributed by atoms with van der Waals surface area (Å²) in [6, 6.07) is 10.0. The summed E-state index contributed by atoms with van der Waals surface area (Å²) in [4.78, 5) is 24.2. The predicted octanol–water partition coefficient (Wildman–Crippen LogP) is 2.45. The molecule has 0 bridgehead atoms. The molecule has 0 aliphatic heterocycles. The van der Waals surface area contributed by atoms with Gasteiger partial charge in [0.05, 0.1) is 0 Å². The molecule has 3 amide bonds. The van der Waals surface area contributed by atoms with E-state index in [0.29, 0.717) is 19.4 Å². The maximum atomic E-state index is 12.4. The lowest BCUT2D eigenvalue weighted by Crippen LogP contribution is -2.58. The van der Waals surface area contributed by atoms with Crippen LogP contribution in [0.5, 0.6) is 0 Å². The zero-order valence-corrected chi connectivity index (χ0v) is 14.5. The predicted molar refractivity (Wildman–Crippen MR) is 93.4 cm³/mol. The van der Waals surface area contributed by atoms with E-state index in [1.54, 1.807) is 0 Å². The van der Waals surface area contributed by atoms with Gasteiger partial charge in [0.2, 0.25) is 5.91 Å². The smallest absolute Gasteiger partial charge is 0.315 e. The first-order valence-corrected chi connectivity index (χ1v) is 8.73. The number of benzene rings is 1. The summed E-state index contributed by atoms with van der Waals surface area (Å²) in [6.45, 7) is 5.01. The molecule has 0 saturated heterocycles. The molecule has 2 fully saturated rings. The monoisotopic (exact) mass is 329 g/mol. The fourth-order valence-electron chi connectivity index (χ4n) is 4.27. The van der Waals surface area contributed by atoms with Crippen LogP contribution in [0.15, 0.2) is 30.3 Å². The van der Waals surface area contributed by atoms with Crippen molar-refractivity contribution >= 4 is 11.9 Å². The molecule has 4 N–H and O–H groups in total. The zero-order valence-electron chi connectivity index (χ0n) is 14.5. The van der Waals surface area contributed by atoms with E-state index >= 15 is 0 Å². The SMILES string of the molecule is CC1(C)CC1(CNC(=O)NC1(C(N)=O)CCCC1)c1ccccc1. The van der Waals surface area contributed by atoms with Crippen LogP contribution in [-0.4, -0.2) is 24.0 Å². The number of nitrogens with one attached hydrogen (secondary N) is 2. The van der Waals surface area contributed by atoms with E-state index in [0.717, 1.165) is 19.3 Å². The number of primary amides is 1. The second kappa shape index (κ2) is 5.80. The number of carbonyl (C=O) groups is 2. The molecular weight excluding hydrogens is 302 g/mol. The van der Waals surface area contributed by atoms with Crippen molar-refractivity contribution in [2.24, 2.45) is 11.1 Å². The van der Waals surface area contributed by atoms with Gasteiger partial charge in [-0.2, -0.15) is 0 Å². The number of rotatable bonds is 5. The molecule has 1 aromatic carbocycles. The average Bonchev–Trinajstić information content (AvgIpc) is 2.88. The first-order chi connectivity index (χ1) is 11.3. The minimum Gasteiger partial charge on any atom is -0.368 e. The first kappa shape index (κ1) is 16.8. The third kappa shape index (κ3) is 2.76. The Hall–Kier alpha value is -2.04. The molecule has 1 unspecified atom stereocenters. The molecule has 0 radical (unpaired) electrons. The summed E-state index contributed by atoms with van der Waals surface area (Å²) >= 11 is 0. The largest absolute Gasteiger partial charge is 0.368 e. The Morgan fingerprint density at radius 2 is 1.71 bits per heavy atom. The van der Waals surface area contributed by atoms with Gasteiger partial charge in [-0.1, -0.05) is 57.0 Å². The first-order valence-electron chi connectivity index (χ1n) is 8.73. The lowest BCUT2D eigenvalue weighted by Gasteiger charge is -2.28. The molecule has 130 valence electrons. The summed E-state index contributed by atoms with van der Waals surface area (Å²) in [5, 5.41) is 5.83. The number of urea groups is 1. The number of amides is 3. The average molecular weight is 329 g/mol. The highest BCUT2D eigenvalue weighted by Gasteiger charge is 2.61. The highest BCUT2D eigenvalue weighted by Crippen LogP contribution is 2.63. The molecule has 2 aliphatic rings. The Kier molecular flexibility index (Phi) is 4.06. The Labute approximate surface area is 143 Å². The maximum absolute atomic E-state index is 12.4. The molecule has 3 rings (SSSR count).